The fourth-order valence-corrected chi connectivity index (χ4v) is 7.65. The van der Waals surface area contributed by atoms with Gasteiger partial charge in [0.1, 0.15) is 11.9 Å². The molecule has 0 bridgehead atoms. The summed E-state index contributed by atoms with van der Waals surface area (Å²) in [4.78, 5) is 35.8. The molecule has 242 valence electrons. The van der Waals surface area contributed by atoms with Crippen LogP contribution >= 0.6 is 0 Å². The standard InChI is InChI=1S/C36H45BN4O5/c1-20(2)31(40-34(43)44-7)33(42)41-14-8-9-28(41)32-38-19-27(39-32)25-15-21-10-12-23-17-26(37-45-35(3,4)36(5,6)46-37)18-24-13-11-22(16-25)29(21)30(23)24/h15-20,28,31H,8-14H2,1-7H3,(H,38,39)(H,40,43). The predicted molar refractivity (Wildman–Crippen MR) is 178 cm³/mol. The summed E-state index contributed by atoms with van der Waals surface area (Å²) < 4.78 is 17.6. The average Bonchev–Trinajstić information content (AvgIpc) is 3.75. The highest BCUT2D eigenvalue weighted by molar-refractivity contribution is 6.62. The van der Waals surface area contributed by atoms with Gasteiger partial charge in [-0.25, -0.2) is 9.78 Å². The number of nitrogens with one attached hydrogen (secondary N) is 2. The lowest BCUT2D eigenvalue weighted by atomic mass is 9.69. The summed E-state index contributed by atoms with van der Waals surface area (Å²) in [5.74, 6) is 0.610. The van der Waals surface area contributed by atoms with Gasteiger partial charge in [0.05, 0.1) is 36.2 Å². The fraction of sp³-hybridized carbons (Fsp3) is 0.528. The molecule has 10 heteroatoms. The van der Waals surface area contributed by atoms with Crippen LogP contribution < -0.4 is 10.8 Å². The third-order valence-electron chi connectivity index (χ3n) is 10.9. The van der Waals surface area contributed by atoms with Crippen molar-refractivity contribution in [3.05, 3.63) is 58.5 Å². The van der Waals surface area contributed by atoms with Crippen LogP contribution in [0, 0.1) is 5.92 Å². The van der Waals surface area contributed by atoms with Gasteiger partial charge in [-0.1, -0.05) is 26.0 Å². The van der Waals surface area contributed by atoms with Crippen molar-refractivity contribution in [1.29, 1.82) is 0 Å². The van der Waals surface area contributed by atoms with Gasteiger partial charge in [0.25, 0.3) is 0 Å². The second-order valence-corrected chi connectivity index (χ2v) is 14.7. The number of carbonyl (C=O) groups excluding carboxylic acids is 2. The van der Waals surface area contributed by atoms with E-state index in [0.717, 1.165) is 61.1 Å². The number of hydrogen-bond acceptors (Lipinski definition) is 6. The first kappa shape index (κ1) is 31.0. The quantitative estimate of drug-likeness (QED) is 0.362. The fourth-order valence-electron chi connectivity index (χ4n) is 7.65. The maximum absolute atomic E-state index is 13.6. The number of nitrogens with zero attached hydrogens (tertiary/aromatic N) is 2. The van der Waals surface area contributed by atoms with E-state index in [0.29, 0.717) is 6.54 Å². The van der Waals surface area contributed by atoms with Crippen molar-refractivity contribution < 1.29 is 23.6 Å². The van der Waals surface area contributed by atoms with Crippen molar-refractivity contribution in [2.45, 2.75) is 103 Å². The van der Waals surface area contributed by atoms with Crippen molar-refractivity contribution in [3.63, 3.8) is 0 Å². The molecule has 0 saturated carbocycles. The monoisotopic (exact) mass is 624 g/mol. The molecule has 2 fully saturated rings. The first-order chi connectivity index (χ1) is 21.9. The lowest BCUT2D eigenvalue weighted by Crippen LogP contribution is -2.51. The Hall–Kier alpha value is -3.63. The van der Waals surface area contributed by atoms with Crippen LogP contribution in [0.5, 0.6) is 0 Å². The molecule has 1 aromatic heterocycles. The maximum Gasteiger partial charge on any atom is 0.494 e. The lowest BCUT2D eigenvalue weighted by Gasteiger charge is -2.32. The van der Waals surface area contributed by atoms with E-state index in [1.165, 1.54) is 40.5 Å². The Bertz CT molecular complexity index is 1650. The molecule has 2 amide bonds. The van der Waals surface area contributed by atoms with Crippen LogP contribution in [0.3, 0.4) is 0 Å². The number of benzene rings is 2. The number of ether oxygens (including phenoxy) is 1. The second kappa shape index (κ2) is 11.3. The summed E-state index contributed by atoms with van der Waals surface area (Å²) in [6, 6.07) is 8.45. The summed E-state index contributed by atoms with van der Waals surface area (Å²) in [7, 11) is 0.962. The molecular formula is C36H45BN4O5. The molecule has 2 aromatic carbocycles. The van der Waals surface area contributed by atoms with Crippen molar-refractivity contribution >= 4 is 24.6 Å². The first-order valence-electron chi connectivity index (χ1n) is 16.7. The molecule has 2 saturated heterocycles. The van der Waals surface area contributed by atoms with E-state index in [2.05, 4.69) is 62.3 Å². The minimum atomic E-state index is -0.656. The smallest absolute Gasteiger partial charge is 0.453 e. The summed E-state index contributed by atoms with van der Waals surface area (Å²) in [5.41, 5.74) is 10.8. The number of imidazole rings is 1. The topological polar surface area (TPSA) is 106 Å². The summed E-state index contributed by atoms with van der Waals surface area (Å²) in [5, 5.41) is 2.73. The van der Waals surface area contributed by atoms with E-state index < -0.39 is 12.1 Å². The number of aromatic amines is 1. The van der Waals surface area contributed by atoms with E-state index in [9.17, 15) is 9.59 Å². The number of aryl methyl sites for hydroxylation is 4. The van der Waals surface area contributed by atoms with Crippen LogP contribution in [0.25, 0.3) is 22.4 Å². The van der Waals surface area contributed by atoms with Gasteiger partial charge in [-0.05, 0) is 123 Å². The molecule has 2 aliphatic carbocycles. The average molecular weight is 625 g/mol. The van der Waals surface area contributed by atoms with Gasteiger partial charge in [0, 0.05) is 12.1 Å². The van der Waals surface area contributed by atoms with Crippen LogP contribution in [0.2, 0.25) is 0 Å². The SMILES string of the molecule is COC(=O)NC(C(=O)N1CCCC1c1ncc(-c2cc3c4c(c2)CCc2cc(B5OC(C)(C)C(C)(C)O5)cc(c2-4)CC3)[nH]1)C(C)C. The first-order valence-corrected chi connectivity index (χ1v) is 16.7. The molecule has 3 heterocycles. The molecule has 2 N–H and O–H groups in total. The van der Waals surface area contributed by atoms with Gasteiger partial charge in [0.15, 0.2) is 0 Å². The Balaban J connectivity index is 1.15. The molecular weight excluding hydrogens is 579 g/mol. The molecule has 0 radical (unpaired) electrons. The third-order valence-corrected chi connectivity index (χ3v) is 10.9. The molecule has 3 aromatic rings. The largest absolute Gasteiger partial charge is 0.494 e. The highest BCUT2D eigenvalue weighted by atomic mass is 16.7. The molecule has 7 rings (SSSR count). The van der Waals surface area contributed by atoms with Gasteiger partial charge in [0.2, 0.25) is 5.91 Å². The number of likely N-dealkylation sites (tertiary alicyclic amines) is 1. The minimum absolute atomic E-state index is 0.0756. The molecule has 2 atom stereocenters. The van der Waals surface area contributed by atoms with E-state index in [1.807, 2.05) is 24.9 Å². The Morgan fingerprint density at radius 1 is 0.978 bits per heavy atom. The number of H-pyrrole nitrogens is 1. The van der Waals surface area contributed by atoms with Gasteiger partial charge >= 0.3 is 13.2 Å². The lowest BCUT2D eigenvalue weighted by molar-refractivity contribution is -0.135. The van der Waals surface area contributed by atoms with Crippen LogP contribution in [-0.2, 0) is 44.5 Å². The number of methoxy groups -OCH3 is 1. The molecule has 2 unspecified atom stereocenters. The Labute approximate surface area is 271 Å². The van der Waals surface area contributed by atoms with Crippen molar-refractivity contribution in [2.75, 3.05) is 13.7 Å². The van der Waals surface area contributed by atoms with E-state index in [4.69, 9.17) is 19.0 Å². The molecule has 46 heavy (non-hydrogen) atoms. The number of hydrogen-bond donors (Lipinski definition) is 2. The second-order valence-electron chi connectivity index (χ2n) is 14.7. The van der Waals surface area contributed by atoms with Crippen LogP contribution in [0.4, 0.5) is 4.79 Å². The minimum Gasteiger partial charge on any atom is -0.453 e. The maximum atomic E-state index is 13.6. The molecule has 0 spiro atoms. The normalized spacial score (nSPS) is 21.3. The highest BCUT2D eigenvalue weighted by Gasteiger charge is 2.52. The number of carbonyl (C=O) groups is 2. The van der Waals surface area contributed by atoms with Crippen LogP contribution in [-0.4, -0.2) is 64.9 Å². The molecule has 2 aliphatic heterocycles. The van der Waals surface area contributed by atoms with Gasteiger partial charge in [-0.2, -0.15) is 0 Å². The number of rotatable bonds is 6. The summed E-state index contributed by atoms with van der Waals surface area (Å²) >= 11 is 0. The summed E-state index contributed by atoms with van der Waals surface area (Å²) in [6.07, 6.45) is 6.93. The van der Waals surface area contributed by atoms with Crippen LogP contribution in [0.15, 0.2) is 30.5 Å². The Kier molecular flexibility index (Phi) is 7.59. The number of amides is 2. The van der Waals surface area contributed by atoms with E-state index in [1.54, 1.807) is 0 Å². The van der Waals surface area contributed by atoms with Crippen molar-refractivity contribution in [1.82, 2.24) is 20.2 Å². The van der Waals surface area contributed by atoms with Gasteiger partial charge in [-0.15, -0.1) is 0 Å². The number of alkyl carbamates (subject to hydrolysis) is 1. The summed E-state index contributed by atoms with van der Waals surface area (Å²) in [6.45, 7) is 12.9. The van der Waals surface area contributed by atoms with E-state index >= 15 is 0 Å². The van der Waals surface area contributed by atoms with Gasteiger partial charge < -0.3 is 29.2 Å². The highest BCUT2D eigenvalue weighted by Crippen LogP contribution is 2.45. The van der Waals surface area contributed by atoms with Crippen molar-refractivity contribution in [2.24, 2.45) is 5.92 Å². The zero-order valence-electron chi connectivity index (χ0n) is 28.1. The van der Waals surface area contributed by atoms with E-state index in [-0.39, 0.29) is 36.2 Å². The van der Waals surface area contributed by atoms with Crippen molar-refractivity contribution in [3.8, 4) is 22.4 Å². The van der Waals surface area contributed by atoms with Gasteiger partial charge in [-0.3, -0.25) is 4.79 Å². The Morgan fingerprint density at radius 2 is 1.54 bits per heavy atom. The zero-order valence-corrected chi connectivity index (χ0v) is 28.1. The Morgan fingerprint density at radius 3 is 2.09 bits per heavy atom. The number of aromatic nitrogens is 2. The molecule has 9 nitrogen and oxygen atoms in total. The van der Waals surface area contributed by atoms with Crippen LogP contribution in [0.1, 0.15) is 88.5 Å². The molecule has 4 aliphatic rings. The third kappa shape index (κ3) is 5.14. The zero-order chi connectivity index (χ0) is 32.5. The predicted octanol–water partition coefficient (Wildman–Crippen LogP) is 5.28.